The van der Waals surface area contributed by atoms with Gasteiger partial charge in [-0.15, -0.1) is 0 Å². The maximum Gasteiger partial charge on any atom is 0.260 e. The van der Waals surface area contributed by atoms with E-state index in [1.165, 1.54) is 23.8 Å². The molecule has 2 heterocycles. The molecule has 0 aromatic heterocycles. The number of ether oxygens (including phenoxy) is 1. The Bertz CT molecular complexity index is 1140. The Kier molecular flexibility index (Phi) is 6.99. The second-order valence-corrected chi connectivity index (χ2v) is 10.4. The van der Waals surface area contributed by atoms with Gasteiger partial charge in [-0.25, -0.2) is 0 Å². The Labute approximate surface area is 207 Å². The number of amides is 1. The van der Waals surface area contributed by atoms with Crippen molar-refractivity contribution in [2.75, 3.05) is 16.8 Å². The van der Waals surface area contributed by atoms with E-state index in [2.05, 4.69) is 39.1 Å². The van der Waals surface area contributed by atoms with E-state index in [1.807, 2.05) is 0 Å². The second kappa shape index (κ2) is 9.82. The molecule has 1 fully saturated rings. The monoisotopic (exact) mass is 480 g/mol. The van der Waals surface area contributed by atoms with Crippen molar-refractivity contribution in [1.29, 1.82) is 0 Å². The molecule has 0 radical (unpaired) electrons. The minimum atomic E-state index is -0.295. The highest BCUT2D eigenvalue weighted by Gasteiger charge is 2.50. The van der Waals surface area contributed by atoms with Gasteiger partial charge in [-0.05, 0) is 70.9 Å². The van der Waals surface area contributed by atoms with E-state index in [1.54, 1.807) is 17.0 Å². The number of nitrogens with zero attached hydrogens (tertiary/aromatic N) is 1. The van der Waals surface area contributed by atoms with Gasteiger partial charge in [-0.1, -0.05) is 24.6 Å². The van der Waals surface area contributed by atoms with Crippen LogP contribution >= 0.6 is 0 Å². The SMILES string of the molecule is CC(C)=CCCC1(C)OC1CCC(C)CCN1C(=O)c2cccc(O)c2Nc2c(O)cc(O)cc21. The predicted octanol–water partition coefficient (Wildman–Crippen LogP) is 6.22. The van der Waals surface area contributed by atoms with Crippen LogP contribution in [0.5, 0.6) is 17.2 Å². The summed E-state index contributed by atoms with van der Waals surface area (Å²) in [6, 6.07) is 7.42. The fourth-order valence-electron chi connectivity index (χ4n) is 4.84. The number of allylic oxidation sites excluding steroid dienone is 2. The van der Waals surface area contributed by atoms with Gasteiger partial charge < -0.3 is 30.3 Å². The van der Waals surface area contributed by atoms with Gasteiger partial charge in [0.1, 0.15) is 22.9 Å². The largest absolute Gasteiger partial charge is 0.508 e. The zero-order valence-electron chi connectivity index (χ0n) is 21.0. The average molecular weight is 481 g/mol. The Morgan fingerprint density at radius 1 is 1.17 bits per heavy atom. The maximum absolute atomic E-state index is 13.5. The second-order valence-electron chi connectivity index (χ2n) is 10.4. The van der Waals surface area contributed by atoms with Crippen LogP contribution in [0.15, 0.2) is 42.0 Å². The van der Waals surface area contributed by atoms with E-state index < -0.39 is 0 Å². The number of hydrogen-bond donors (Lipinski definition) is 4. The van der Waals surface area contributed by atoms with Crippen molar-refractivity contribution in [3.05, 3.63) is 47.5 Å². The Hall–Kier alpha value is -3.19. The van der Waals surface area contributed by atoms with E-state index in [-0.39, 0.29) is 46.2 Å². The van der Waals surface area contributed by atoms with Crippen molar-refractivity contribution in [3.63, 3.8) is 0 Å². The first-order valence-electron chi connectivity index (χ1n) is 12.4. The summed E-state index contributed by atoms with van der Waals surface area (Å²) in [4.78, 5) is 15.1. The third-order valence-corrected chi connectivity index (χ3v) is 7.14. The standard InChI is InChI=1S/C28H36N2O5/c1-17(2)7-6-13-28(4)24(35-28)11-10-18(3)12-14-30-21-15-19(31)16-23(33)26(21)29-25-20(27(30)34)8-5-9-22(25)32/h5,7-9,15-16,18,24,29,31-33H,6,10-14H2,1-4H3. The molecule has 1 saturated heterocycles. The van der Waals surface area contributed by atoms with E-state index in [4.69, 9.17) is 4.74 Å². The molecule has 0 spiro atoms. The number of carbonyl (C=O) groups is 1. The number of benzene rings is 2. The van der Waals surface area contributed by atoms with Gasteiger partial charge >= 0.3 is 0 Å². The van der Waals surface area contributed by atoms with Crippen molar-refractivity contribution in [1.82, 2.24) is 0 Å². The molecule has 2 aromatic carbocycles. The quantitative estimate of drug-likeness (QED) is 0.147. The number of nitrogens with one attached hydrogen (secondary N) is 1. The van der Waals surface area contributed by atoms with Gasteiger partial charge in [0, 0.05) is 18.7 Å². The number of aromatic hydroxyl groups is 3. The fourth-order valence-corrected chi connectivity index (χ4v) is 4.84. The third-order valence-electron chi connectivity index (χ3n) is 7.14. The summed E-state index contributed by atoms with van der Waals surface area (Å²) in [5.41, 5.74) is 2.52. The molecule has 0 aliphatic carbocycles. The van der Waals surface area contributed by atoms with Crippen LogP contribution in [0.2, 0.25) is 0 Å². The highest BCUT2D eigenvalue weighted by Crippen LogP contribution is 2.46. The fraction of sp³-hybridized carbons (Fsp3) is 0.464. The minimum Gasteiger partial charge on any atom is -0.508 e. The van der Waals surface area contributed by atoms with Gasteiger partial charge in [0.2, 0.25) is 0 Å². The van der Waals surface area contributed by atoms with Crippen molar-refractivity contribution in [3.8, 4) is 17.2 Å². The molecule has 7 heteroatoms. The van der Waals surface area contributed by atoms with Crippen molar-refractivity contribution < 1.29 is 24.9 Å². The third kappa shape index (κ3) is 5.40. The summed E-state index contributed by atoms with van der Waals surface area (Å²) in [7, 11) is 0. The van der Waals surface area contributed by atoms with E-state index in [9.17, 15) is 20.1 Å². The van der Waals surface area contributed by atoms with Crippen molar-refractivity contribution in [2.45, 2.75) is 71.5 Å². The number of carbonyl (C=O) groups excluding carboxylic acids is 1. The normalized spacial score (nSPS) is 21.4. The van der Waals surface area contributed by atoms with Gasteiger partial charge in [0.05, 0.1) is 28.6 Å². The topological polar surface area (TPSA) is 106 Å². The molecular formula is C28H36N2O5. The van der Waals surface area contributed by atoms with E-state index in [0.29, 0.717) is 23.7 Å². The van der Waals surface area contributed by atoms with Crippen LogP contribution in [-0.2, 0) is 4.74 Å². The maximum atomic E-state index is 13.5. The Balaban J connectivity index is 1.43. The van der Waals surface area contributed by atoms with Crippen LogP contribution in [0.4, 0.5) is 17.1 Å². The summed E-state index contributed by atoms with van der Waals surface area (Å²) in [6.07, 6.45) is 7.32. The van der Waals surface area contributed by atoms with Crippen LogP contribution in [0, 0.1) is 5.92 Å². The summed E-state index contributed by atoms with van der Waals surface area (Å²) in [5, 5.41) is 34.0. The number of epoxide rings is 1. The van der Waals surface area contributed by atoms with Crippen LogP contribution in [-0.4, -0.2) is 39.5 Å². The van der Waals surface area contributed by atoms with E-state index in [0.717, 1.165) is 32.1 Å². The van der Waals surface area contributed by atoms with E-state index >= 15 is 0 Å². The molecule has 3 atom stereocenters. The number of hydrogen-bond acceptors (Lipinski definition) is 6. The number of phenolic OH excluding ortho intramolecular Hbond substituents is 3. The predicted molar refractivity (Wildman–Crippen MR) is 138 cm³/mol. The van der Waals surface area contributed by atoms with Gasteiger partial charge in [0.15, 0.2) is 0 Å². The highest BCUT2D eigenvalue weighted by atomic mass is 16.6. The molecule has 0 saturated carbocycles. The molecule has 7 nitrogen and oxygen atoms in total. The molecular weight excluding hydrogens is 444 g/mol. The summed E-state index contributed by atoms with van der Waals surface area (Å²) < 4.78 is 6.01. The number of para-hydroxylation sites is 1. The van der Waals surface area contributed by atoms with Gasteiger partial charge in [-0.3, -0.25) is 4.79 Å². The van der Waals surface area contributed by atoms with Crippen LogP contribution in [0.25, 0.3) is 0 Å². The average Bonchev–Trinajstić information content (AvgIpc) is 3.46. The zero-order valence-corrected chi connectivity index (χ0v) is 21.0. The lowest BCUT2D eigenvalue weighted by molar-refractivity contribution is 0.0986. The van der Waals surface area contributed by atoms with Gasteiger partial charge in [-0.2, -0.15) is 0 Å². The first kappa shape index (κ1) is 24.9. The first-order chi connectivity index (χ1) is 16.6. The lowest BCUT2D eigenvalue weighted by atomic mass is 9.93. The summed E-state index contributed by atoms with van der Waals surface area (Å²) >= 11 is 0. The molecule has 3 unspecified atom stereocenters. The Morgan fingerprint density at radius 3 is 2.69 bits per heavy atom. The highest BCUT2D eigenvalue weighted by molar-refractivity contribution is 6.15. The molecule has 1 amide bonds. The Morgan fingerprint density at radius 2 is 1.94 bits per heavy atom. The summed E-state index contributed by atoms with van der Waals surface area (Å²) in [5.74, 6) is -0.357. The molecule has 35 heavy (non-hydrogen) atoms. The molecule has 2 aliphatic rings. The van der Waals surface area contributed by atoms with Gasteiger partial charge in [0.25, 0.3) is 5.91 Å². The zero-order chi connectivity index (χ0) is 25.3. The molecule has 188 valence electrons. The van der Waals surface area contributed by atoms with Crippen molar-refractivity contribution >= 4 is 23.0 Å². The molecule has 2 aromatic rings. The lowest BCUT2D eigenvalue weighted by Gasteiger charge is -2.25. The van der Waals surface area contributed by atoms with Crippen LogP contribution in [0.3, 0.4) is 0 Å². The molecule has 4 N–H and O–H groups in total. The van der Waals surface area contributed by atoms with Crippen LogP contribution < -0.4 is 10.2 Å². The summed E-state index contributed by atoms with van der Waals surface area (Å²) in [6.45, 7) is 9.00. The first-order valence-corrected chi connectivity index (χ1v) is 12.4. The molecule has 2 aliphatic heterocycles. The number of phenols is 3. The number of anilines is 3. The minimum absolute atomic E-state index is 0.0300. The van der Waals surface area contributed by atoms with Crippen LogP contribution in [0.1, 0.15) is 70.2 Å². The molecule has 0 bridgehead atoms. The molecule has 4 rings (SSSR count). The van der Waals surface area contributed by atoms with Crippen molar-refractivity contribution in [2.24, 2.45) is 5.92 Å². The smallest absolute Gasteiger partial charge is 0.260 e. The number of fused-ring (bicyclic) bond motifs is 2. The number of rotatable bonds is 9. The lowest BCUT2D eigenvalue weighted by Crippen LogP contribution is -2.32.